The Labute approximate surface area is 105 Å². The molecule has 0 bridgehead atoms. The van der Waals surface area contributed by atoms with Crippen molar-refractivity contribution < 1.29 is 14.5 Å². The smallest absolute Gasteiger partial charge is 0.244 e. The number of carbonyl (C=O) groups is 1. The number of aryl methyl sites for hydroxylation is 2. The largest absolute Gasteiger partial charge is 0.554 e. The number of rotatable bonds is 2. The Balaban J connectivity index is 0.000000437. The van der Waals surface area contributed by atoms with Gasteiger partial charge in [-0.1, -0.05) is 11.6 Å². The van der Waals surface area contributed by atoms with Crippen LogP contribution in [-0.2, 0) is 17.9 Å². The van der Waals surface area contributed by atoms with E-state index in [1.807, 2.05) is 12.1 Å². The summed E-state index contributed by atoms with van der Waals surface area (Å²) in [6, 6.07) is 6.04. The molecule has 1 aromatic heterocycles. The van der Waals surface area contributed by atoms with Crippen LogP contribution in [0, 0.1) is 0 Å². The number of carbonyl (C=O) groups excluding carboxylic acids is 1. The number of nitrogens with zero attached hydrogens (tertiary/aromatic N) is 2. The maximum atomic E-state index is 8.25. The van der Waals surface area contributed by atoms with Gasteiger partial charge in [-0.2, -0.15) is 0 Å². The quantitative estimate of drug-likeness (QED) is 0.593. The Hall–Kier alpha value is -1.55. The van der Waals surface area contributed by atoms with Crippen molar-refractivity contribution in [2.45, 2.75) is 26.9 Å². The highest BCUT2D eigenvalue weighted by Gasteiger charge is 2.12. The van der Waals surface area contributed by atoms with Crippen LogP contribution in [0.2, 0.25) is 5.02 Å². The van der Waals surface area contributed by atoms with Crippen molar-refractivity contribution in [2.24, 2.45) is 0 Å². The highest BCUT2D eigenvalue weighted by molar-refractivity contribution is 6.31. The summed E-state index contributed by atoms with van der Waals surface area (Å²) in [5.41, 5.74) is 2.46. The first kappa shape index (κ1) is 13.5. The van der Waals surface area contributed by atoms with E-state index >= 15 is 0 Å². The van der Waals surface area contributed by atoms with Gasteiger partial charge in [0.15, 0.2) is 11.0 Å². The minimum absolute atomic E-state index is 0.500. The number of imidazole rings is 1. The third-order valence-electron chi connectivity index (χ3n) is 2.52. The molecule has 17 heavy (non-hydrogen) atoms. The van der Waals surface area contributed by atoms with Crippen LogP contribution >= 0.6 is 11.6 Å². The summed E-state index contributed by atoms with van der Waals surface area (Å²) in [6.45, 7) is 5.75. The molecule has 1 heterocycles. The Morgan fingerprint density at radius 2 is 2.12 bits per heavy atom. The fraction of sp³-hybridized carbons (Fsp3) is 0.333. The van der Waals surface area contributed by atoms with Crippen LogP contribution < -0.4 is 9.67 Å². The lowest BCUT2D eigenvalue weighted by Crippen LogP contribution is -2.30. The van der Waals surface area contributed by atoms with Crippen LogP contribution in [0.4, 0.5) is 0 Å². The van der Waals surface area contributed by atoms with Gasteiger partial charge in [0, 0.05) is 17.6 Å². The van der Waals surface area contributed by atoms with Crippen LogP contribution in [0.15, 0.2) is 24.5 Å². The van der Waals surface area contributed by atoms with Crippen molar-refractivity contribution in [1.82, 2.24) is 4.57 Å². The summed E-state index contributed by atoms with van der Waals surface area (Å²) in [6.07, 6.45) is 2.14. The average molecular weight is 255 g/mol. The molecular formula is C12H15ClN2O2. The number of benzene rings is 1. The summed E-state index contributed by atoms with van der Waals surface area (Å²) < 4.78 is 4.44. The predicted octanol–water partition coefficient (Wildman–Crippen LogP) is 0.988. The first-order valence-electron chi connectivity index (χ1n) is 5.41. The summed E-state index contributed by atoms with van der Waals surface area (Å²) in [5, 5.41) is 9.05. The molecule has 0 saturated heterocycles. The van der Waals surface area contributed by atoms with Gasteiger partial charge in [0.1, 0.15) is 0 Å². The fourth-order valence-electron chi connectivity index (χ4n) is 1.77. The topological polar surface area (TPSA) is 48.9 Å². The van der Waals surface area contributed by atoms with Crippen molar-refractivity contribution in [3.8, 4) is 0 Å². The van der Waals surface area contributed by atoms with E-state index in [2.05, 4.69) is 35.4 Å². The lowest BCUT2D eigenvalue weighted by molar-refractivity contribution is -0.668. The predicted molar refractivity (Wildman–Crippen MR) is 64.6 cm³/mol. The average Bonchev–Trinajstić information content (AvgIpc) is 2.67. The number of hydrogen-bond acceptors (Lipinski definition) is 2. The van der Waals surface area contributed by atoms with E-state index in [0.29, 0.717) is 0 Å². The molecule has 0 unspecified atom stereocenters. The summed E-state index contributed by atoms with van der Waals surface area (Å²) in [5.74, 6) is 0. The molecule has 0 atom stereocenters. The number of fused-ring (bicyclic) bond motifs is 1. The summed E-state index contributed by atoms with van der Waals surface area (Å²) in [4.78, 5) is 8.25. The Kier molecular flexibility index (Phi) is 4.97. The number of aromatic nitrogens is 2. The molecule has 2 rings (SSSR count). The molecule has 4 nitrogen and oxygen atoms in total. The SMILES string of the molecule is CCn1c[n+](CC)c2ccc(Cl)cc21.O=C[O-]. The van der Waals surface area contributed by atoms with E-state index in [1.165, 1.54) is 11.0 Å². The van der Waals surface area contributed by atoms with Crippen molar-refractivity contribution in [2.75, 3.05) is 0 Å². The van der Waals surface area contributed by atoms with Gasteiger partial charge in [0.05, 0.1) is 13.1 Å². The maximum absolute atomic E-state index is 8.25. The molecular weight excluding hydrogens is 240 g/mol. The van der Waals surface area contributed by atoms with Crippen molar-refractivity contribution >= 4 is 29.1 Å². The lowest BCUT2D eigenvalue weighted by atomic mass is 10.3. The lowest BCUT2D eigenvalue weighted by Gasteiger charge is -1.92. The zero-order valence-corrected chi connectivity index (χ0v) is 10.6. The van der Waals surface area contributed by atoms with Crippen LogP contribution in [0.25, 0.3) is 11.0 Å². The van der Waals surface area contributed by atoms with E-state index < -0.39 is 6.47 Å². The zero-order valence-electron chi connectivity index (χ0n) is 9.89. The minimum Gasteiger partial charge on any atom is -0.554 e. The van der Waals surface area contributed by atoms with Crippen molar-refractivity contribution in [1.29, 1.82) is 0 Å². The standard InChI is InChI=1S/C11H14ClN2.CH2O2/c1-3-13-8-14(4-2)11-7-9(12)5-6-10(11)13;2-1-3/h5-8H,3-4H2,1-2H3;1H,(H,2,3)/q+1;/p-1. The summed E-state index contributed by atoms with van der Waals surface area (Å²) in [7, 11) is 0. The Morgan fingerprint density at radius 3 is 2.65 bits per heavy atom. The van der Waals surface area contributed by atoms with Gasteiger partial charge < -0.3 is 9.90 Å². The highest BCUT2D eigenvalue weighted by Crippen LogP contribution is 2.17. The van der Waals surface area contributed by atoms with Gasteiger partial charge >= 0.3 is 0 Å². The van der Waals surface area contributed by atoms with E-state index in [-0.39, 0.29) is 0 Å². The van der Waals surface area contributed by atoms with E-state index in [9.17, 15) is 0 Å². The van der Waals surface area contributed by atoms with E-state index in [1.54, 1.807) is 0 Å². The molecule has 5 heteroatoms. The van der Waals surface area contributed by atoms with Gasteiger partial charge in [-0.25, -0.2) is 9.13 Å². The molecule has 0 saturated carbocycles. The van der Waals surface area contributed by atoms with Gasteiger partial charge in [0.2, 0.25) is 6.33 Å². The second-order valence-corrected chi connectivity index (χ2v) is 3.85. The zero-order chi connectivity index (χ0) is 12.8. The third-order valence-corrected chi connectivity index (χ3v) is 2.75. The molecule has 0 aliphatic rings. The van der Waals surface area contributed by atoms with E-state index in [0.717, 1.165) is 18.1 Å². The molecule has 0 aliphatic carbocycles. The number of hydrogen-bond donors (Lipinski definition) is 0. The maximum Gasteiger partial charge on any atom is 0.244 e. The third kappa shape index (κ3) is 2.97. The van der Waals surface area contributed by atoms with Crippen LogP contribution in [0.1, 0.15) is 13.8 Å². The van der Waals surface area contributed by atoms with Gasteiger partial charge in [-0.15, -0.1) is 0 Å². The molecule has 1 aromatic carbocycles. The second kappa shape index (κ2) is 6.25. The van der Waals surface area contributed by atoms with Crippen LogP contribution in [0.5, 0.6) is 0 Å². The first-order chi connectivity index (χ1) is 8.17. The number of halogens is 1. The molecule has 2 aromatic rings. The molecule has 0 amide bonds. The Bertz CT molecular complexity index is 508. The van der Waals surface area contributed by atoms with Crippen LogP contribution in [0.3, 0.4) is 0 Å². The van der Waals surface area contributed by atoms with E-state index in [4.69, 9.17) is 21.5 Å². The highest BCUT2D eigenvalue weighted by atomic mass is 35.5. The fourth-order valence-corrected chi connectivity index (χ4v) is 1.93. The molecule has 0 spiro atoms. The first-order valence-corrected chi connectivity index (χ1v) is 5.79. The minimum atomic E-state index is -0.500. The molecule has 0 aliphatic heterocycles. The molecule has 0 radical (unpaired) electrons. The normalized spacial score (nSPS) is 9.82. The molecule has 92 valence electrons. The monoisotopic (exact) mass is 254 g/mol. The molecule has 0 fully saturated rings. The van der Waals surface area contributed by atoms with Crippen LogP contribution in [-0.4, -0.2) is 11.0 Å². The van der Waals surface area contributed by atoms with Crippen molar-refractivity contribution in [3.05, 3.63) is 29.5 Å². The number of carboxylic acid groups (broad SMARTS) is 1. The Morgan fingerprint density at radius 1 is 1.47 bits per heavy atom. The van der Waals surface area contributed by atoms with Gasteiger partial charge in [-0.3, -0.25) is 0 Å². The van der Waals surface area contributed by atoms with Crippen molar-refractivity contribution in [3.63, 3.8) is 0 Å². The molecule has 0 N–H and O–H groups in total. The van der Waals surface area contributed by atoms with Gasteiger partial charge in [-0.05, 0) is 26.0 Å². The second-order valence-electron chi connectivity index (χ2n) is 3.42. The summed E-state index contributed by atoms with van der Waals surface area (Å²) >= 11 is 5.98. The van der Waals surface area contributed by atoms with Gasteiger partial charge in [0.25, 0.3) is 0 Å².